The van der Waals surface area contributed by atoms with Gasteiger partial charge in [-0.05, 0) is 41.1 Å². The third-order valence-electron chi connectivity index (χ3n) is 1.75. The number of carbonyl (C=O) groups is 1. The highest BCUT2D eigenvalue weighted by Crippen LogP contribution is 2.26. The Morgan fingerprint density at radius 1 is 1.56 bits per heavy atom. The summed E-state index contributed by atoms with van der Waals surface area (Å²) in [6, 6.07) is 4.95. The van der Waals surface area contributed by atoms with Crippen LogP contribution in [0.3, 0.4) is 0 Å². The Hall–Kier alpha value is -1.47. The molecule has 16 heavy (non-hydrogen) atoms. The number of halogens is 1. The molecule has 0 aromatic heterocycles. The highest BCUT2D eigenvalue weighted by molar-refractivity contribution is 9.10. The number of ether oxygens (including phenoxy) is 2. The van der Waals surface area contributed by atoms with Crippen molar-refractivity contribution in [3.05, 3.63) is 28.2 Å². The number of esters is 1. The Kier molecular flexibility index (Phi) is 4.87. The first-order valence-electron chi connectivity index (χ1n) is 4.72. The molecule has 4 heteroatoms. The number of benzene rings is 1. The molecule has 1 rings (SSSR count). The van der Waals surface area contributed by atoms with Gasteiger partial charge in [0.1, 0.15) is 12.4 Å². The molecule has 84 valence electrons. The van der Waals surface area contributed by atoms with Crippen LogP contribution in [0.4, 0.5) is 0 Å². The molecule has 0 unspecified atom stereocenters. The lowest BCUT2D eigenvalue weighted by Crippen LogP contribution is -2.05. The average Bonchev–Trinajstić information content (AvgIpc) is 2.27. The van der Waals surface area contributed by atoms with Crippen molar-refractivity contribution in [3.63, 3.8) is 0 Å². The van der Waals surface area contributed by atoms with Crippen LogP contribution in [0.2, 0.25) is 0 Å². The SMILES string of the molecule is C#CCOc1ccc(C(=O)OCC)cc1Br. The van der Waals surface area contributed by atoms with Crippen LogP contribution in [0.1, 0.15) is 17.3 Å². The second kappa shape index (κ2) is 6.19. The van der Waals surface area contributed by atoms with Gasteiger partial charge >= 0.3 is 5.97 Å². The molecule has 3 nitrogen and oxygen atoms in total. The van der Waals surface area contributed by atoms with Gasteiger partial charge in [-0.2, -0.15) is 0 Å². The van der Waals surface area contributed by atoms with Crippen LogP contribution in [0.15, 0.2) is 22.7 Å². The monoisotopic (exact) mass is 282 g/mol. The van der Waals surface area contributed by atoms with Crippen molar-refractivity contribution in [2.24, 2.45) is 0 Å². The molecule has 0 spiro atoms. The predicted molar refractivity (Wildman–Crippen MR) is 64.4 cm³/mol. The molecule has 1 aromatic rings. The summed E-state index contributed by atoms with van der Waals surface area (Å²) in [6.45, 7) is 2.31. The topological polar surface area (TPSA) is 35.5 Å². The molecule has 0 saturated heterocycles. The Bertz CT molecular complexity index is 421. The van der Waals surface area contributed by atoms with Crippen molar-refractivity contribution in [3.8, 4) is 18.1 Å². The van der Waals surface area contributed by atoms with Crippen molar-refractivity contribution >= 4 is 21.9 Å². The number of hydrogen-bond acceptors (Lipinski definition) is 3. The van der Waals surface area contributed by atoms with Gasteiger partial charge in [-0.1, -0.05) is 5.92 Å². The van der Waals surface area contributed by atoms with E-state index < -0.39 is 0 Å². The van der Waals surface area contributed by atoms with E-state index >= 15 is 0 Å². The molecule has 0 radical (unpaired) electrons. The second-order valence-corrected chi connectivity index (χ2v) is 3.71. The maximum absolute atomic E-state index is 11.4. The zero-order valence-electron chi connectivity index (χ0n) is 8.83. The van der Waals surface area contributed by atoms with Crippen molar-refractivity contribution in [2.45, 2.75) is 6.92 Å². The molecular weight excluding hydrogens is 272 g/mol. The molecule has 0 fully saturated rings. The van der Waals surface area contributed by atoms with Gasteiger partial charge in [-0.3, -0.25) is 0 Å². The lowest BCUT2D eigenvalue weighted by molar-refractivity contribution is 0.0526. The Balaban J connectivity index is 2.83. The van der Waals surface area contributed by atoms with E-state index in [1.807, 2.05) is 0 Å². The van der Waals surface area contributed by atoms with Gasteiger partial charge in [0.15, 0.2) is 0 Å². The van der Waals surface area contributed by atoms with Crippen LogP contribution in [0.25, 0.3) is 0 Å². The Labute approximate surface area is 103 Å². The lowest BCUT2D eigenvalue weighted by atomic mass is 10.2. The molecule has 1 aromatic carbocycles. The van der Waals surface area contributed by atoms with Gasteiger partial charge in [-0.25, -0.2) is 4.79 Å². The van der Waals surface area contributed by atoms with Crippen LogP contribution >= 0.6 is 15.9 Å². The van der Waals surface area contributed by atoms with Crippen molar-refractivity contribution < 1.29 is 14.3 Å². The first-order valence-corrected chi connectivity index (χ1v) is 5.51. The summed E-state index contributed by atoms with van der Waals surface area (Å²) in [5, 5.41) is 0. The number of hydrogen-bond donors (Lipinski definition) is 0. The molecule has 0 amide bonds. The summed E-state index contributed by atoms with van der Waals surface area (Å²) in [4.78, 5) is 11.4. The molecule has 0 aliphatic rings. The summed E-state index contributed by atoms with van der Waals surface area (Å²) >= 11 is 3.30. The molecular formula is C12H11BrO3. The fourth-order valence-corrected chi connectivity index (χ4v) is 1.57. The van der Waals surface area contributed by atoms with Gasteiger partial charge < -0.3 is 9.47 Å². The minimum Gasteiger partial charge on any atom is -0.480 e. The lowest BCUT2D eigenvalue weighted by Gasteiger charge is -2.07. The van der Waals surface area contributed by atoms with Crippen LogP contribution in [-0.4, -0.2) is 19.2 Å². The van der Waals surface area contributed by atoms with Crippen LogP contribution < -0.4 is 4.74 Å². The van der Waals surface area contributed by atoms with Crippen molar-refractivity contribution in [1.29, 1.82) is 0 Å². The molecule has 0 heterocycles. The summed E-state index contributed by atoms with van der Waals surface area (Å²) in [6.07, 6.45) is 5.08. The van der Waals surface area contributed by atoms with E-state index in [4.69, 9.17) is 15.9 Å². The van der Waals surface area contributed by atoms with Gasteiger partial charge in [-0.15, -0.1) is 6.42 Å². The first-order chi connectivity index (χ1) is 7.69. The van der Waals surface area contributed by atoms with Gasteiger partial charge in [0.25, 0.3) is 0 Å². The van der Waals surface area contributed by atoms with Crippen molar-refractivity contribution in [2.75, 3.05) is 13.2 Å². The molecule has 0 atom stereocenters. The van der Waals surface area contributed by atoms with Gasteiger partial charge in [0.05, 0.1) is 16.6 Å². The summed E-state index contributed by atoms with van der Waals surface area (Å²) in [7, 11) is 0. The normalized spacial score (nSPS) is 9.31. The summed E-state index contributed by atoms with van der Waals surface area (Å²) in [5.41, 5.74) is 0.474. The Morgan fingerprint density at radius 3 is 2.88 bits per heavy atom. The highest BCUT2D eigenvalue weighted by Gasteiger charge is 2.09. The van der Waals surface area contributed by atoms with E-state index in [0.29, 0.717) is 22.4 Å². The van der Waals surface area contributed by atoms with E-state index in [2.05, 4.69) is 21.9 Å². The van der Waals surface area contributed by atoms with Crippen LogP contribution in [0.5, 0.6) is 5.75 Å². The third-order valence-corrected chi connectivity index (χ3v) is 2.37. The molecule has 0 aliphatic heterocycles. The van der Waals surface area contributed by atoms with E-state index in [0.717, 1.165) is 0 Å². The van der Waals surface area contributed by atoms with Gasteiger partial charge in [0.2, 0.25) is 0 Å². The largest absolute Gasteiger partial charge is 0.480 e. The minimum absolute atomic E-state index is 0.192. The van der Waals surface area contributed by atoms with E-state index in [9.17, 15) is 4.79 Å². The fraction of sp³-hybridized carbons (Fsp3) is 0.250. The summed E-state index contributed by atoms with van der Waals surface area (Å²) in [5.74, 6) is 2.61. The van der Waals surface area contributed by atoms with Crippen LogP contribution in [-0.2, 0) is 4.74 Å². The molecule has 0 saturated carbocycles. The van der Waals surface area contributed by atoms with Gasteiger partial charge in [0, 0.05) is 0 Å². The van der Waals surface area contributed by atoms with Crippen LogP contribution in [0, 0.1) is 12.3 Å². The quantitative estimate of drug-likeness (QED) is 0.629. The summed E-state index contributed by atoms with van der Waals surface area (Å²) < 4.78 is 10.8. The Morgan fingerprint density at radius 2 is 2.31 bits per heavy atom. The standard InChI is InChI=1S/C12H11BrO3/c1-3-7-16-11-6-5-9(8-10(11)13)12(14)15-4-2/h1,5-6,8H,4,7H2,2H3. The zero-order chi connectivity index (χ0) is 12.0. The van der Waals surface area contributed by atoms with E-state index in [-0.39, 0.29) is 12.6 Å². The number of carbonyl (C=O) groups excluding carboxylic acids is 1. The highest BCUT2D eigenvalue weighted by atomic mass is 79.9. The molecule has 0 N–H and O–H groups in total. The first kappa shape index (κ1) is 12.6. The maximum Gasteiger partial charge on any atom is 0.338 e. The smallest absolute Gasteiger partial charge is 0.338 e. The second-order valence-electron chi connectivity index (χ2n) is 2.86. The number of rotatable bonds is 4. The minimum atomic E-state index is -0.355. The molecule has 0 aliphatic carbocycles. The average molecular weight is 283 g/mol. The van der Waals surface area contributed by atoms with E-state index in [1.54, 1.807) is 25.1 Å². The fourth-order valence-electron chi connectivity index (χ4n) is 1.08. The maximum atomic E-state index is 11.4. The van der Waals surface area contributed by atoms with E-state index in [1.165, 1.54) is 0 Å². The molecule has 0 bridgehead atoms. The number of terminal acetylenes is 1. The third kappa shape index (κ3) is 3.28. The van der Waals surface area contributed by atoms with Crippen molar-refractivity contribution in [1.82, 2.24) is 0 Å². The predicted octanol–water partition coefficient (Wildman–Crippen LogP) is 2.64. The zero-order valence-corrected chi connectivity index (χ0v) is 10.4.